The quantitative estimate of drug-likeness (QED) is 0.449. The van der Waals surface area contributed by atoms with Crippen LogP contribution in [0.25, 0.3) is 0 Å². The van der Waals surface area contributed by atoms with Gasteiger partial charge in [0.2, 0.25) is 5.91 Å². The molecular formula is C32H34N4O5. The number of likely N-dealkylation sites (tertiary alicyclic amines) is 1. The van der Waals surface area contributed by atoms with Crippen molar-refractivity contribution in [1.82, 2.24) is 14.8 Å². The smallest absolute Gasteiger partial charge is 0.335 e. The fourth-order valence-corrected chi connectivity index (χ4v) is 6.68. The van der Waals surface area contributed by atoms with Gasteiger partial charge in [-0.15, -0.1) is 0 Å². The summed E-state index contributed by atoms with van der Waals surface area (Å²) < 4.78 is 7.40. The Morgan fingerprint density at radius 2 is 1.68 bits per heavy atom. The van der Waals surface area contributed by atoms with Gasteiger partial charge in [0.15, 0.2) is 0 Å². The first-order valence-electron chi connectivity index (χ1n) is 14.2. The summed E-state index contributed by atoms with van der Waals surface area (Å²) in [5, 5.41) is 2.51. The molecule has 1 aromatic heterocycles. The highest BCUT2D eigenvalue weighted by molar-refractivity contribution is 6.30. The minimum absolute atomic E-state index is 0.00726. The molecule has 2 bridgehead atoms. The summed E-state index contributed by atoms with van der Waals surface area (Å²) in [6.07, 6.45) is 1.11. The fourth-order valence-electron chi connectivity index (χ4n) is 6.68. The second kappa shape index (κ2) is 10.6. The van der Waals surface area contributed by atoms with Crippen LogP contribution < -0.4 is 20.5 Å². The summed E-state index contributed by atoms with van der Waals surface area (Å²) in [5.41, 5.74) is 1.77. The average molecular weight is 555 g/mol. The summed E-state index contributed by atoms with van der Waals surface area (Å²) in [6, 6.07) is 19.2. The highest BCUT2D eigenvalue weighted by atomic mass is 16.5. The number of carbonyl (C=O) groups excluding carboxylic acids is 3. The van der Waals surface area contributed by atoms with Gasteiger partial charge in [0.25, 0.3) is 11.5 Å². The number of amides is 4. The molecule has 9 heteroatoms. The molecule has 2 saturated heterocycles. The van der Waals surface area contributed by atoms with Gasteiger partial charge >= 0.3 is 6.03 Å². The van der Waals surface area contributed by atoms with E-state index in [1.807, 2.05) is 48.7 Å². The Hall–Kier alpha value is -4.24. The molecule has 1 N–H and O–H groups in total. The number of aromatic nitrogens is 1. The predicted octanol–water partition coefficient (Wildman–Crippen LogP) is 3.49. The van der Waals surface area contributed by atoms with Crippen molar-refractivity contribution < 1.29 is 19.1 Å². The number of imide groups is 2. The number of barbiturate groups is 1. The number of ether oxygens (including phenoxy) is 1. The molecule has 2 aromatic carbocycles. The number of hydrogen-bond acceptors (Lipinski definition) is 6. The number of carbonyl (C=O) groups is 3. The first kappa shape index (κ1) is 27.0. The van der Waals surface area contributed by atoms with Crippen LogP contribution in [-0.2, 0) is 22.6 Å². The SMILES string of the molecule is CCOc1ccc(N2C(=O)NC(=O)C(Cc3ccc(C)cc3)(CN3CC4C[C@@H](C3)c3cccc(=O)n3C4)C2=O)cc1. The lowest BCUT2D eigenvalue weighted by Gasteiger charge is -2.47. The molecule has 3 aromatic rings. The number of rotatable bonds is 7. The molecule has 2 unspecified atom stereocenters. The number of nitrogens with one attached hydrogen (secondary N) is 1. The van der Waals surface area contributed by atoms with Gasteiger partial charge in [0, 0.05) is 43.9 Å². The Labute approximate surface area is 238 Å². The Kier molecular flexibility index (Phi) is 6.99. The summed E-state index contributed by atoms with van der Waals surface area (Å²) in [5.74, 6) is -0.143. The van der Waals surface area contributed by atoms with Gasteiger partial charge in [-0.25, -0.2) is 9.69 Å². The van der Waals surface area contributed by atoms with E-state index >= 15 is 0 Å². The largest absolute Gasteiger partial charge is 0.494 e. The van der Waals surface area contributed by atoms with Gasteiger partial charge in [-0.1, -0.05) is 35.9 Å². The third kappa shape index (κ3) is 4.95. The van der Waals surface area contributed by atoms with Crippen molar-refractivity contribution in [3.05, 3.63) is 93.9 Å². The van der Waals surface area contributed by atoms with Crippen LogP contribution in [0.5, 0.6) is 5.75 Å². The lowest BCUT2D eigenvalue weighted by atomic mass is 9.75. The van der Waals surface area contributed by atoms with Crippen LogP contribution in [0.2, 0.25) is 0 Å². The molecule has 0 aliphatic carbocycles. The Bertz CT molecular complexity index is 1550. The van der Waals surface area contributed by atoms with Crippen LogP contribution in [-0.4, -0.2) is 53.6 Å². The maximum absolute atomic E-state index is 14.5. The molecule has 4 amide bonds. The van der Waals surface area contributed by atoms with Crippen LogP contribution >= 0.6 is 0 Å². The maximum atomic E-state index is 14.5. The van der Waals surface area contributed by atoms with Crippen molar-refractivity contribution in [2.45, 2.75) is 39.2 Å². The highest BCUT2D eigenvalue weighted by Gasteiger charge is 2.55. The highest BCUT2D eigenvalue weighted by Crippen LogP contribution is 2.39. The summed E-state index contributed by atoms with van der Waals surface area (Å²) in [4.78, 5) is 57.2. The zero-order chi connectivity index (χ0) is 28.7. The maximum Gasteiger partial charge on any atom is 0.335 e. The van der Waals surface area contributed by atoms with Crippen molar-refractivity contribution in [3.63, 3.8) is 0 Å². The molecule has 3 aliphatic rings. The summed E-state index contributed by atoms with van der Waals surface area (Å²) in [7, 11) is 0. The molecule has 0 radical (unpaired) electrons. The minimum Gasteiger partial charge on any atom is -0.494 e. The molecule has 41 heavy (non-hydrogen) atoms. The summed E-state index contributed by atoms with van der Waals surface area (Å²) >= 11 is 0. The molecule has 0 spiro atoms. The number of urea groups is 1. The van der Waals surface area contributed by atoms with E-state index in [4.69, 9.17) is 4.74 Å². The first-order valence-corrected chi connectivity index (χ1v) is 14.2. The monoisotopic (exact) mass is 554 g/mol. The Balaban J connectivity index is 1.36. The molecule has 0 saturated carbocycles. The molecule has 3 aliphatic heterocycles. The number of piperidine rings is 1. The Morgan fingerprint density at radius 3 is 2.41 bits per heavy atom. The fraction of sp³-hybridized carbons (Fsp3) is 0.375. The number of nitrogens with zero attached hydrogens (tertiary/aromatic N) is 3. The molecule has 6 rings (SSSR count). The number of fused-ring (bicyclic) bond motifs is 4. The van der Waals surface area contributed by atoms with Crippen LogP contribution in [0.4, 0.5) is 10.5 Å². The topological polar surface area (TPSA) is 101 Å². The van der Waals surface area contributed by atoms with Crippen LogP contribution in [0.15, 0.2) is 71.5 Å². The van der Waals surface area contributed by atoms with E-state index < -0.39 is 23.3 Å². The van der Waals surface area contributed by atoms with E-state index in [9.17, 15) is 19.2 Å². The van der Waals surface area contributed by atoms with Gasteiger partial charge in [0.1, 0.15) is 11.2 Å². The lowest BCUT2D eigenvalue weighted by molar-refractivity contribution is -0.144. The minimum atomic E-state index is -1.52. The third-order valence-corrected chi connectivity index (χ3v) is 8.55. The van der Waals surface area contributed by atoms with Crippen molar-refractivity contribution in [2.24, 2.45) is 11.3 Å². The van der Waals surface area contributed by atoms with Gasteiger partial charge in [-0.3, -0.25) is 19.7 Å². The van der Waals surface area contributed by atoms with E-state index in [1.54, 1.807) is 36.4 Å². The number of hydrogen-bond donors (Lipinski definition) is 1. The lowest BCUT2D eigenvalue weighted by Crippen LogP contribution is -2.68. The standard InChI is InChI=1S/C32H34N4O5/c1-3-41-26-13-11-25(12-14-26)36-30(39)32(29(38)33-31(36)40,16-22-9-7-21(2)8-10-22)20-34-17-23-15-24(19-34)27-5-4-6-28(37)35(27)18-23/h4-14,23-24H,3,15-20H2,1-2H3,(H,33,38,40)/t23?,24-,32?/m0/s1. The normalized spacial score (nSPS) is 24.1. The molecule has 9 nitrogen and oxygen atoms in total. The average Bonchev–Trinajstić information content (AvgIpc) is 2.95. The molecule has 3 atom stereocenters. The third-order valence-electron chi connectivity index (χ3n) is 8.55. The van der Waals surface area contributed by atoms with Crippen molar-refractivity contribution in [1.29, 1.82) is 0 Å². The number of anilines is 1. The van der Waals surface area contributed by atoms with Crippen molar-refractivity contribution in [3.8, 4) is 5.75 Å². The van der Waals surface area contributed by atoms with Crippen molar-refractivity contribution >= 4 is 23.5 Å². The van der Waals surface area contributed by atoms with Crippen LogP contribution in [0, 0.1) is 18.3 Å². The van der Waals surface area contributed by atoms with E-state index in [0.29, 0.717) is 37.7 Å². The molecule has 4 heterocycles. The molecule has 212 valence electrons. The van der Waals surface area contributed by atoms with E-state index in [0.717, 1.165) is 28.1 Å². The second-order valence-corrected chi connectivity index (χ2v) is 11.5. The van der Waals surface area contributed by atoms with Gasteiger partial charge in [-0.2, -0.15) is 0 Å². The number of aryl methyl sites for hydroxylation is 1. The number of benzene rings is 2. The predicted molar refractivity (Wildman–Crippen MR) is 154 cm³/mol. The van der Waals surface area contributed by atoms with Crippen molar-refractivity contribution in [2.75, 3.05) is 31.1 Å². The van der Waals surface area contributed by atoms with Crippen LogP contribution in [0.1, 0.15) is 36.1 Å². The molecular weight excluding hydrogens is 520 g/mol. The van der Waals surface area contributed by atoms with Gasteiger partial charge in [0.05, 0.1) is 12.3 Å². The zero-order valence-corrected chi connectivity index (χ0v) is 23.3. The number of pyridine rings is 1. The zero-order valence-electron chi connectivity index (χ0n) is 23.3. The second-order valence-electron chi connectivity index (χ2n) is 11.5. The van der Waals surface area contributed by atoms with Gasteiger partial charge < -0.3 is 14.2 Å². The van der Waals surface area contributed by atoms with E-state index in [2.05, 4.69) is 10.2 Å². The van der Waals surface area contributed by atoms with E-state index in [1.165, 1.54) is 0 Å². The molecule has 2 fully saturated rings. The first-order chi connectivity index (χ1) is 19.8. The van der Waals surface area contributed by atoms with E-state index in [-0.39, 0.29) is 30.4 Å². The summed E-state index contributed by atoms with van der Waals surface area (Å²) in [6.45, 7) is 6.41. The Morgan fingerprint density at radius 1 is 0.927 bits per heavy atom. The van der Waals surface area contributed by atoms with Gasteiger partial charge in [-0.05, 0) is 68.5 Å². The van der Waals surface area contributed by atoms with Crippen LogP contribution in [0.3, 0.4) is 0 Å².